The largest absolute Gasteiger partial charge is 0.477 e. The maximum Gasteiger partial charge on any atom is 0.364 e. The number of carboxylic acids is 1. The number of aliphatic hydroxyl groups excluding tert-OH is 18. The van der Waals surface area contributed by atoms with Crippen LogP contribution in [0.15, 0.2) is 12.2 Å². The van der Waals surface area contributed by atoms with Crippen molar-refractivity contribution >= 4 is 23.7 Å². The van der Waals surface area contributed by atoms with Crippen LogP contribution in [0, 0.1) is 0 Å². The van der Waals surface area contributed by atoms with Crippen LogP contribution >= 0.6 is 0 Å². The molecule has 38 nitrogen and oxygen atoms in total. The molecule has 38 heteroatoms. The highest BCUT2D eigenvalue weighted by Crippen LogP contribution is 2.40. The molecule has 0 spiro atoms. The summed E-state index contributed by atoms with van der Waals surface area (Å²) in [5.41, 5.74) is 0. The smallest absolute Gasteiger partial charge is 0.364 e. The van der Waals surface area contributed by atoms with Crippen molar-refractivity contribution in [2.45, 2.75) is 410 Å². The van der Waals surface area contributed by atoms with Gasteiger partial charge in [-0.15, -0.1) is 0 Å². The summed E-state index contributed by atoms with van der Waals surface area (Å²) in [7, 11) is 0. The Labute approximate surface area is 671 Å². The fraction of sp³-hybridized carbons (Fsp3) is 0.922. The predicted octanol–water partition coefficient (Wildman–Crippen LogP) is -2.97. The molecule has 6 rings (SSSR count). The van der Waals surface area contributed by atoms with E-state index < -0.39 is 266 Å². The standard InChI is InChI=1S/C77H137N3O35/c1-6-8-10-12-14-16-18-20-22-24-26-28-30-32-45(87)44(80-52(90)33-31-29-27-25-23-21-19-17-15-13-11-9-7-2)39-104-72-64(100)61(97)66(50(38-84)109-72)111-75-65(101)70(58(94)49(37-83)108-75)114-71-54(79-43(5)86)69(113-74-63(99)60(96)57(93)48(36-82)107-74)67(112-73-62(98)59(95)55(91)41(3)106-73)51(110-71)40-105-77(76(102)103)34-46(88)53(78-42(4)85)68(115-77)56(92)47(89)35-81/h30,32,41,44-51,53-75,81-84,87-89,91-101H,6-29,31,33-40H2,1-5H3,(H,78,85)(H,79,86)(H,80,90)(H,102,103)/b32-30+/t41?,44-,45+,46?,47+,48?,49?,50?,51?,53+,54?,55+,56+,57-,58-,59?,60-,61+,62-,63?,64?,65?,66+,67+,68?,69+,70-,71-,72+,73+,74-,75-,77+/m0/s1. The number of hydrogen-bond donors (Lipinski definition) is 22. The summed E-state index contributed by atoms with van der Waals surface area (Å²) < 4.78 is 72.8. The van der Waals surface area contributed by atoms with Crippen LogP contribution in [0.5, 0.6) is 0 Å². The lowest BCUT2D eigenvalue weighted by atomic mass is 9.88. The van der Waals surface area contributed by atoms with Gasteiger partial charge < -0.3 is 170 Å². The molecular formula is C77H137N3O35. The maximum atomic E-state index is 13.6. The van der Waals surface area contributed by atoms with Crippen molar-refractivity contribution in [2.24, 2.45) is 0 Å². The summed E-state index contributed by atoms with van der Waals surface area (Å²) in [6.45, 7) is 1.34. The number of carbonyl (C=O) groups is 4. The van der Waals surface area contributed by atoms with E-state index >= 15 is 0 Å². The monoisotopic (exact) mass is 1660 g/mol. The van der Waals surface area contributed by atoms with Gasteiger partial charge in [0.05, 0.1) is 70.0 Å². The van der Waals surface area contributed by atoms with Gasteiger partial charge in [-0.1, -0.05) is 167 Å². The zero-order chi connectivity index (χ0) is 84.6. The molecule has 6 aliphatic heterocycles. The zero-order valence-corrected chi connectivity index (χ0v) is 67.0. The fourth-order valence-corrected chi connectivity index (χ4v) is 15.3. The van der Waals surface area contributed by atoms with Crippen LogP contribution in [0.4, 0.5) is 0 Å². The van der Waals surface area contributed by atoms with Gasteiger partial charge in [0, 0.05) is 26.7 Å². The number of aliphatic hydroxyl groups is 18. The molecule has 115 heavy (non-hydrogen) atoms. The number of aliphatic carboxylic acids is 1. The molecule has 6 fully saturated rings. The molecule has 0 bridgehead atoms. The summed E-state index contributed by atoms with van der Waals surface area (Å²) in [5, 5.41) is 220. The van der Waals surface area contributed by atoms with E-state index in [0.717, 1.165) is 71.6 Å². The highest BCUT2D eigenvalue weighted by molar-refractivity contribution is 5.77. The normalized spacial score (nSPS) is 37.1. The topological polar surface area (TPSA) is 600 Å². The third-order valence-corrected chi connectivity index (χ3v) is 22.2. The Kier molecular flexibility index (Phi) is 44.8. The molecule has 0 aromatic carbocycles. The first-order valence-corrected chi connectivity index (χ1v) is 41.5. The van der Waals surface area contributed by atoms with Gasteiger partial charge in [-0.25, -0.2) is 4.79 Å². The quantitative estimate of drug-likeness (QED) is 0.0214. The Hall–Kier alpha value is -3.58. The van der Waals surface area contributed by atoms with Crippen LogP contribution < -0.4 is 16.0 Å². The average molecular weight is 1660 g/mol. The van der Waals surface area contributed by atoms with Gasteiger partial charge in [0.25, 0.3) is 5.79 Å². The molecular weight excluding hydrogens is 1530 g/mol. The van der Waals surface area contributed by atoms with E-state index in [1.165, 1.54) is 96.8 Å². The molecule has 22 N–H and O–H groups in total. The third-order valence-electron chi connectivity index (χ3n) is 22.2. The predicted molar refractivity (Wildman–Crippen MR) is 400 cm³/mol. The fourth-order valence-electron chi connectivity index (χ4n) is 15.3. The van der Waals surface area contributed by atoms with Crippen molar-refractivity contribution < 1.29 is 173 Å². The lowest BCUT2D eigenvalue weighted by Gasteiger charge is -2.52. The number of unbranched alkanes of at least 4 members (excludes halogenated alkanes) is 23. The van der Waals surface area contributed by atoms with E-state index in [2.05, 4.69) is 29.8 Å². The van der Waals surface area contributed by atoms with Gasteiger partial charge in [0.15, 0.2) is 31.5 Å². The summed E-state index contributed by atoms with van der Waals surface area (Å²) in [6, 6.07) is -4.94. The average Bonchev–Trinajstić information content (AvgIpc) is 0.759. The van der Waals surface area contributed by atoms with Gasteiger partial charge in [-0.2, -0.15) is 0 Å². The van der Waals surface area contributed by atoms with Crippen molar-refractivity contribution in [1.82, 2.24) is 16.0 Å². The Morgan fingerprint density at radius 2 is 0.930 bits per heavy atom. The number of carbonyl (C=O) groups excluding carboxylic acids is 3. The van der Waals surface area contributed by atoms with E-state index in [1.54, 1.807) is 6.08 Å². The van der Waals surface area contributed by atoms with Crippen LogP contribution in [-0.2, 0) is 76.0 Å². The molecule has 0 aliphatic carbocycles. The van der Waals surface area contributed by atoms with Gasteiger partial charge in [-0.05, 0) is 26.2 Å². The molecule has 6 saturated heterocycles. The lowest BCUT2D eigenvalue weighted by Crippen LogP contribution is -2.72. The molecule has 670 valence electrons. The SMILES string of the molecule is CCCCCCCCCCCCC/C=C/[C@@H](O)[C@H](CO[C@@H]1OC(CO)[C@@H](O[C@@H]2OC(CO)[C@H](O)[C@H](O[C@@H]3OC(CO[C@]4(C(=O)O)CC(O)[C@@H](NC(C)=O)C([C@H](O)[C@H](O)CO)O4)[C@@H](O[C@H]4OC(C)[C@@H](O)C(O)[C@@H]4O)[C@H](O[C@@H]4OC(CO)[C@H](O)[C@H](O)C4O)C3NC(C)=O)C2O)[C@H](O)C1O)NC(=O)CCCCCCCCCCCCCCC. The van der Waals surface area contributed by atoms with Crippen molar-refractivity contribution in [3.8, 4) is 0 Å². The van der Waals surface area contributed by atoms with E-state index in [9.17, 15) is 116 Å². The molecule has 6 heterocycles. The maximum absolute atomic E-state index is 13.6. The minimum absolute atomic E-state index is 0.136. The van der Waals surface area contributed by atoms with E-state index in [-0.39, 0.29) is 12.3 Å². The second kappa shape index (κ2) is 51.4. The first-order chi connectivity index (χ1) is 54.9. The van der Waals surface area contributed by atoms with Crippen LogP contribution in [0.2, 0.25) is 0 Å². The molecule has 0 aromatic heterocycles. The number of ether oxygens (including phenoxy) is 12. The van der Waals surface area contributed by atoms with Crippen molar-refractivity contribution in [3.63, 3.8) is 0 Å². The molecule has 0 aromatic rings. The Morgan fingerprint density at radius 3 is 1.46 bits per heavy atom. The van der Waals surface area contributed by atoms with E-state index in [4.69, 9.17) is 56.8 Å². The van der Waals surface area contributed by atoms with Crippen molar-refractivity contribution in [2.75, 3.05) is 39.6 Å². The highest BCUT2D eigenvalue weighted by Gasteiger charge is 2.61. The van der Waals surface area contributed by atoms with Gasteiger partial charge in [0.1, 0.15) is 134 Å². The molecule has 12 unspecified atom stereocenters. The minimum atomic E-state index is -3.22. The summed E-state index contributed by atoms with van der Waals surface area (Å²) >= 11 is 0. The Morgan fingerprint density at radius 1 is 0.478 bits per heavy atom. The third kappa shape index (κ3) is 29.6. The molecule has 3 amide bonds. The second-order valence-electron chi connectivity index (χ2n) is 31.4. The van der Waals surface area contributed by atoms with E-state index in [1.807, 2.05) is 6.08 Å². The molecule has 0 radical (unpaired) electrons. The number of allylic oxidation sites excluding steroid dienone is 1. The molecule has 33 atom stereocenters. The first-order valence-electron chi connectivity index (χ1n) is 41.5. The second-order valence-corrected chi connectivity index (χ2v) is 31.4. The summed E-state index contributed by atoms with van der Waals surface area (Å²) in [5.74, 6) is -7.55. The zero-order valence-electron chi connectivity index (χ0n) is 67.0. The summed E-state index contributed by atoms with van der Waals surface area (Å²) in [6.07, 6.45) is -29.7. The minimum Gasteiger partial charge on any atom is -0.477 e. The van der Waals surface area contributed by atoms with Crippen LogP contribution in [0.25, 0.3) is 0 Å². The van der Waals surface area contributed by atoms with Crippen molar-refractivity contribution in [3.05, 3.63) is 12.2 Å². The molecule has 0 saturated carbocycles. The lowest BCUT2D eigenvalue weighted by molar-refractivity contribution is -0.396. The Bertz CT molecular complexity index is 2780. The summed E-state index contributed by atoms with van der Waals surface area (Å²) in [4.78, 5) is 53.3. The number of hydrogen-bond acceptors (Lipinski definition) is 34. The Balaban J connectivity index is 1.27. The van der Waals surface area contributed by atoms with Crippen molar-refractivity contribution in [1.29, 1.82) is 0 Å². The first kappa shape index (κ1) is 100. The van der Waals surface area contributed by atoms with Crippen LogP contribution in [0.1, 0.15) is 208 Å². The number of amides is 3. The van der Waals surface area contributed by atoms with Gasteiger partial charge in [0.2, 0.25) is 17.7 Å². The number of rotatable bonds is 52. The van der Waals surface area contributed by atoms with Crippen LogP contribution in [0.3, 0.4) is 0 Å². The number of nitrogens with one attached hydrogen (secondary N) is 3. The highest BCUT2D eigenvalue weighted by atomic mass is 16.8. The van der Waals surface area contributed by atoms with E-state index in [0.29, 0.717) is 12.8 Å². The van der Waals surface area contributed by atoms with Crippen LogP contribution in [-0.4, -0.2) is 362 Å². The molecule has 6 aliphatic rings. The number of carboxylic acid groups (broad SMARTS) is 1. The van der Waals surface area contributed by atoms with Gasteiger partial charge in [-0.3, -0.25) is 14.4 Å². The van der Waals surface area contributed by atoms with Gasteiger partial charge >= 0.3 is 5.97 Å².